The van der Waals surface area contributed by atoms with Gasteiger partial charge in [-0.25, -0.2) is 15.0 Å². The smallest absolute Gasteiger partial charge is 0.160 e. The second kappa shape index (κ2) is 15.9. The number of fused-ring (bicyclic) bond motifs is 8. The summed E-state index contributed by atoms with van der Waals surface area (Å²) >= 11 is 0. The normalized spacial score (nSPS) is 11.6. The molecule has 0 aliphatic carbocycles. The molecular weight excluding hydrogens is 813 g/mol. The summed E-state index contributed by atoms with van der Waals surface area (Å²) in [4.78, 5) is 16.1. The van der Waals surface area contributed by atoms with E-state index >= 15 is 0 Å². The van der Waals surface area contributed by atoms with Gasteiger partial charge in [-0.05, 0) is 93.0 Å². The molecule has 3 aromatic heterocycles. The van der Waals surface area contributed by atoms with E-state index < -0.39 is 0 Å². The summed E-state index contributed by atoms with van der Waals surface area (Å²) in [7, 11) is 0. The molecule has 0 unspecified atom stereocenters. The van der Waals surface area contributed by atoms with Crippen molar-refractivity contribution in [1.29, 1.82) is 0 Å². The molecule has 4 nitrogen and oxygen atoms in total. The fourth-order valence-corrected chi connectivity index (χ4v) is 9.95. The number of hydrogen-bond donors (Lipinski definition) is 0. The van der Waals surface area contributed by atoms with E-state index in [4.69, 9.17) is 15.0 Å². The van der Waals surface area contributed by atoms with Gasteiger partial charge >= 0.3 is 0 Å². The third kappa shape index (κ3) is 6.74. The summed E-state index contributed by atoms with van der Waals surface area (Å²) in [6, 6.07) is 86.5. The molecule has 0 atom stereocenters. The highest BCUT2D eigenvalue weighted by atomic mass is 15.0. The SMILES string of the molecule is c1ccc(-c2cc(-c3ccccc3)nc(-c3cccc(-c4cc(-c5nc(-c6ccccc6)nc6c5ccc5ccccc56)cc(-n5c6ccccc6c6c7ccccc7ccc65)c4)c3)c2)cc1. The molecule has 0 fully saturated rings. The summed E-state index contributed by atoms with van der Waals surface area (Å²) in [6.45, 7) is 0. The standard InChI is InChI=1S/C63H40N4/c1-4-17-41(18-5-1)49-39-56(44-21-6-2-7-22-44)64-57(40-49)47-26-16-25-46(35-47)48-36-50(61-55-33-31-43-20-11-13-28-53(43)62(55)66-63(65-61)45-23-8-3-9-24-45)38-51(37-48)67-58-30-15-14-29-54(58)60-52-27-12-10-19-42(52)32-34-59(60)67/h1-40H. The van der Waals surface area contributed by atoms with Gasteiger partial charge in [0.2, 0.25) is 0 Å². The van der Waals surface area contributed by atoms with Crippen LogP contribution < -0.4 is 0 Å². The predicted octanol–water partition coefficient (Wildman–Crippen LogP) is 16.4. The highest BCUT2D eigenvalue weighted by molar-refractivity contribution is 6.21. The van der Waals surface area contributed by atoms with Crippen LogP contribution in [0, 0.1) is 0 Å². The van der Waals surface area contributed by atoms with E-state index in [-0.39, 0.29) is 0 Å². The summed E-state index contributed by atoms with van der Waals surface area (Å²) < 4.78 is 2.43. The molecular formula is C63H40N4. The zero-order chi connectivity index (χ0) is 44.3. The number of para-hydroxylation sites is 1. The Morgan fingerprint density at radius 3 is 1.61 bits per heavy atom. The van der Waals surface area contributed by atoms with Crippen LogP contribution in [0.15, 0.2) is 243 Å². The average molecular weight is 853 g/mol. The number of nitrogens with zero attached hydrogens (tertiary/aromatic N) is 4. The zero-order valence-electron chi connectivity index (χ0n) is 36.4. The molecule has 312 valence electrons. The van der Waals surface area contributed by atoms with Gasteiger partial charge < -0.3 is 4.57 Å². The second-order valence-corrected chi connectivity index (χ2v) is 17.2. The predicted molar refractivity (Wildman–Crippen MR) is 279 cm³/mol. The number of pyridine rings is 1. The Morgan fingerprint density at radius 2 is 0.836 bits per heavy atom. The molecule has 67 heavy (non-hydrogen) atoms. The van der Waals surface area contributed by atoms with E-state index in [1.54, 1.807) is 0 Å². The van der Waals surface area contributed by atoms with Gasteiger partial charge in [0.15, 0.2) is 5.82 Å². The zero-order valence-corrected chi connectivity index (χ0v) is 36.4. The highest BCUT2D eigenvalue weighted by Crippen LogP contribution is 2.41. The Morgan fingerprint density at radius 1 is 0.284 bits per heavy atom. The van der Waals surface area contributed by atoms with Gasteiger partial charge in [0, 0.05) is 49.5 Å². The molecule has 0 saturated heterocycles. The van der Waals surface area contributed by atoms with Gasteiger partial charge in [-0.2, -0.15) is 0 Å². The van der Waals surface area contributed by atoms with Crippen LogP contribution in [0.5, 0.6) is 0 Å². The molecule has 0 spiro atoms. The molecule has 13 rings (SSSR count). The van der Waals surface area contributed by atoms with Crippen molar-refractivity contribution in [1.82, 2.24) is 19.5 Å². The van der Waals surface area contributed by atoms with Gasteiger partial charge in [-0.3, -0.25) is 0 Å². The van der Waals surface area contributed by atoms with E-state index in [1.807, 2.05) is 12.1 Å². The van der Waals surface area contributed by atoms with Crippen molar-refractivity contribution < 1.29 is 0 Å². The first-order chi connectivity index (χ1) is 33.2. The summed E-state index contributed by atoms with van der Waals surface area (Å²) in [6.07, 6.45) is 0. The minimum atomic E-state index is 0.690. The summed E-state index contributed by atoms with van der Waals surface area (Å²) in [5.74, 6) is 0.690. The molecule has 0 N–H and O–H groups in total. The number of hydrogen-bond acceptors (Lipinski definition) is 3. The molecule has 0 aliphatic rings. The quantitative estimate of drug-likeness (QED) is 0.150. The van der Waals surface area contributed by atoms with E-state index in [9.17, 15) is 0 Å². The molecule has 0 amide bonds. The monoisotopic (exact) mass is 852 g/mol. The van der Waals surface area contributed by atoms with Crippen LogP contribution in [0.4, 0.5) is 0 Å². The Kier molecular flexibility index (Phi) is 9.14. The average Bonchev–Trinajstić information content (AvgIpc) is 3.76. The minimum absolute atomic E-state index is 0.690. The molecule has 0 saturated carbocycles. The van der Waals surface area contributed by atoms with Crippen molar-refractivity contribution in [2.45, 2.75) is 0 Å². The maximum absolute atomic E-state index is 5.48. The molecule has 3 heterocycles. The van der Waals surface area contributed by atoms with Crippen LogP contribution in [0.1, 0.15) is 0 Å². The Bertz CT molecular complexity index is 3970. The molecule has 0 bridgehead atoms. The Balaban J connectivity index is 1.08. The van der Waals surface area contributed by atoms with Crippen molar-refractivity contribution in [3.63, 3.8) is 0 Å². The molecule has 13 aromatic rings. The lowest BCUT2D eigenvalue weighted by molar-refractivity contribution is 1.18. The molecule has 0 radical (unpaired) electrons. The number of benzene rings is 10. The van der Waals surface area contributed by atoms with E-state index in [2.05, 4.69) is 235 Å². The highest BCUT2D eigenvalue weighted by Gasteiger charge is 2.20. The van der Waals surface area contributed by atoms with Crippen molar-refractivity contribution in [2.24, 2.45) is 0 Å². The fraction of sp³-hybridized carbons (Fsp3) is 0. The summed E-state index contributed by atoms with van der Waals surface area (Å²) in [5.41, 5.74) is 15.5. The lowest BCUT2D eigenvalue weighted by atomic mass is 9.95. The maximum Gasteiger partial charge on any atom is 0.160 e. The summed E-state index contributed by atoms with van der Waals surface area (Å²) in [5, 5.41) is 8.15. The lowest BCUT2D eigenvalue weighted by Crippen LogP contribution is -1.99. The van der Waals surface area contributed by atoms with Crippen molar-refractivity contribution in [3.05, 3.63) is 243 Å². The van der Waals surface area contributed by atoms with Gasteiger partial charge in [0.25, 0.3) is 0 Å². The maximum atomic E-state index is 5.48. The fourth-order valence-electron chi connectivity index (χ4n) is 9.95. The van der Waals surface area contributed by atoms with E-state index in [0.717, 1.165) is 100.0 Å². The van der Waals surface area contributed by atoms with Gasteiger partial charge in [-0.15, -0.1) is 0 Å². The van der Waals surface area contributed by atoms with Crippen molar-refractivity contribution in [3.8, 4) is 73.1 Å². The van der Waals surface area contributed by atoms with Crippen LogP contribution in [-0.2, 0) is 0 Å². The first-order valence-electron chi connectivity index (χ1n) is 22.8. The Labute approximate surface area is 387 Å². The van der Waals surface area contributed by atoms with Crippen LogP contribution in [0.3, 0.4) is 0 Å². The molecule has 10 aromatic carbocycles. The number of rotatable bonds is 7. The first-order valence-corrected chi connectivity index (χ1v) is 22.8. The van der Waals surface area contributed by atoms with Crippen molar-refractivity contribution >= 4 is 54.3 Å². The van der Waals surface area contributed by atoms with Crippen LogP contribution in [0.2, 0.25) is 0 Å². The largest absolute Gasteiger partial charge is 0.309 e. The van der Waals surface area contributed by atoms with Gasteiger partial charge in [0.05, 0.1) is 33.6 Å². The second-order valence-electron chi connectivity index (χ2n) is 17.2. The van der Waals surface area contributed by atoms with Crippen LogP contribution >= 0.6 is 0 Å². The topological polar surface area (TPSA) is 43.6 Å². The lowest BCUT2D eigenvalue weighted by Gasteiger charge is -2.16. The van der Waals surface area contributed by atoms with E-state index in [0.29, 0.717) is 5.82 Å². The van der Waals surface area contributed by atoms with Gasteiger partial charge in [-0.1, -0.05) is 188 Å². The third-order valence-electron chi connectivity index (χ3n) is 13.1. The van der Waals surface area contributed by atoms with Crippen molar-refractivity contribution in [2.75, 3.05) is 0 Å². The van der Waals surface area contributed by atoms with Crippen LogP contribution in [0.25, 0.3) is 127 Å². The molecule has 0 aliphatic heterocycles. The van der Waals surface area contributed by atoms with Crippen LogP contribution in [-0.4, -0.2) is 19.5 Å². The minimum Gasteiger partial charge on any atom is -0.309 e. The molecule has 4 heteroatoms. The Hall–Kier alpha value is -8.99. The number of aromatic nitrogens is 4. The van der Waals surface area contributed by atoms with E-state index in [1.165, 1.54) is 21.5 Å². The first kappa shape index (κ1) is 38.5. The van der Waals surface area contributed by atoms with Gasteiger partial charge in [0.1, 0.15) is 0 Å². The third-order valence-corrected chi connectivity index (χ3v) is 13.1.